The van der Waals surface area contributed by atoms with E-state index in [0.29, 0.717) is 32.0 Å². The molecular weight excluding hydrogens is 485 g/mol. The molecule has 0 aliphatic heterocycles. The number of hydrogen-bond donors (Lipinski definition) is 0. The van der Waals surface area contributed by atoms with Crippen molar-refractivity contribution >= 4 is 32.9 Å². The normalized spacial score (nSPS) is 13.2. The Hall–Kier alpha value is -2.50. The van der Waals surface area contributed by atoms with Crippen LogP contribution in [0, 0.1) is 18.3 Å². The minimum Gasteiger partial charge on any atom is -0.250 e. The highest BCUT2D eigenvalue weighted by molar-refractivity contribution is 7.98. The van der Waals surface area contributed by atoms with Crippen molar-refractivity contribution in [2.75, 3.05) is 12.0 Å². The van der Waals surface area contributed by atoms with Gasteiger partial charge in [0, 0.05) is 23.9 Å². The highest BCUT2D eigenvalue weighted by Gasteiger charge is 2.46. The van der Waals surface area contributed by atoms with E-state index < -0.39 is 27.0 Å². The molecule has 170 valence electrons. The first-order valence-electron chi connectivity index (χ1n) is 9.04. The van der Waals surface area contributed by atoms with Crippen LogP contribution in [0.5, 0.6) is 0 Å². The minimum absolute atomic E-state index is 0.144. The van der Waals surface area contributed by atoms with Gasteiger partial charge in [-0.25, -0.2) is 28.1 Å². The predicted molar refractivity (Wildman–Crippen MR) is 115 cm³/mol. The van der Waals surface area contributed by atoms with Crippen molar-refractivity contribution in [1.82, 2.24) is 24.7 Å². The maximum Gasteiger partial charge on any atom is 0.497 e. The molecule has 0 saturated heterocycles. The van der Waals surface area contributed by atoms with Crippen molar-refractivity contribution in [2.24, 2.45) is 0 Å². The molecule has 1 atom stereocenters. The summed E-state index contributed by atoms with van der Waals surface area (Å²) in [7, 11) is -5.31. The smallest absolute Gasteiger partial charge is 0.250 e. The van der Waals surface area contributed by atoms with Gasteiger partial charge in [-0.05, 0) is 19.2 Å². The average molecular weight is 503 g/mol. The van der Waals surface area contributed by atoms with E-state index in [9.17, 15) is 21.6 Å². The van der Waals surface area contributed by atoms with Crippen LogP contribution in [0.15, 0.2) is 23.6 Å². The van der Waals surface area contributed by atoms with Crippen LogP contribution in [0.2, 0.25) is 0 Å². The molecule has 1 unspecified atom stereocenters. The third-order valence-electron chi connectivity index (χ3n) is 4.43. The first-order chi connectivity index (χ1) is 15.0. The number of thioether (sulfide) groups is 1. The van der Waals surface area contributed by atoms with Crippen LogP contribution in [-0.4, -0.2) is 50.7 Å². The molecule has 3 aromatic rings. The number of rotatable bonds is 7. The standard InChI is InChI=1S/C18H17F3N6O2S3/c1-10(9-32(28,29)18(19,20)21)13-6-14(27(26-13)5-4-22)15-11(2)25-16(31-15)12-7-23-17(30-3)24-8-12/h6-8,10H,5,9H2,1-3H3. The molecule has 0 aromatic carbocycles. The highest BCUT2D eigenvalue weighted by Crippen LogP contribution is 2.37. The van der Waals surface area contributed by atoms with Crippen molar-refractivity contribution in [3.05, 3.63) is 29.8 Å². The number of nitriles is 1. The summed E-state index contributed by atoms with van der Waals surface area (Å²) in [4.78, 5) is 13.6. The Labute approximate surface area is 190 Å². The van der Waals surface area contributed by atoms with Crippen LogP contribution in [0.1, 0.15) is 24.2 Å². The highest BCUT2D eigenvalue weighted by atomic mass is 32.2. The van der Waals surface area contributed by atoms with Gasteiger partial charge in [0.15, 0.2) is 5.16 Å². The Balaban J connectivity index is 1.98. The molecule has 3 rings (SSSR count). The Bertz CT molecular complexity index is 1260. The average Bonchev–Trinajstić information content (AvgIpc) is 3.30. The zero-order valence-corrected chi connectivity index (χ0v) is 19.5. The summed E-state index contributed by atoms with van der Waals surface area (Å²) in [5.41, 5.74) is -3.40. The third kappa shape index (κ3) is 4.94. The fourth-order valence-corrected chi connectivity index (χ4v) is 5.24. The van der Waals surface area contributed by atoms with Crippen molar-refractivity contribution in [2.45, 2.75) is 37.0 Å². The minimum atomic E-state index is -5.34. The van der Waals surface area contributed by atoms with E-state index in [1.54, 1.807) is 19.3 Å². The Morgan fingerprint density at radius 1 is 1.31 bits per heavy atom. The zero-order chi connectivity index (χ0) is 23.7. The number of hydrogen-bond acceptors (Lipinski definition) is 9. The molecule has 0 aliphatic rings. The third-order valence-corrected chi connectivity index (χ3v) is 7.88. The van der Waals surface area contributed by atoms with Gasteiger partial charge in [0.25, 0.3) is 0 Å². The molecule has 0 saturated carbocycles. The second-order valence-electron chi connectivity index (χ2n) is 6.79. The fourth-order valence-electron chi connectivity index (χ4n) is 2.85. The lowest BCUT2D eigenvalue weighted by atomic mass is 10.1. The quantitative estimate of drug-likeness (QED) is 0.351. The zero-order valence-electron chi connectivity index (χ0n) is 17.1. The number of aromatic nitrogens is 5. The maximum absolute atomic E-state index is 12.8. The van der Waals surface area contributed by atoms with E-state index in [1.807, 2.05) is 12.3 Å². The summed E-state index contributed by atoms with van der Waals surface area (Å²) in [6.45, 7) is 2.95. The van der Waals surface area contributed by atoms with Crippen molar-refractivity contribution in [3.63, 3.8) is 0 Å². The number of aryl methyl sites for hydroxylation is 1. The number of thiazole rings is 1. The van der Waals surface area contributed by atoms with Crippen LogP contribution in [-0.2, 0) is 16.4 Å². The molecule has 8 nitrogen and oxygen atoms in total. The Kier molecular flexibility index (Phi) is 6.91. The molecule has 0 spiro atoms. The molecule has 0 aliphatic carbocycles. The van der Waals surface area contributed by atoms with Crippen LogP contribution in [0.3, 0.4) is 0 Å². The van der Waals surface area contributed by atoms with Crippen molar-refractivity contribution in [1.29, 1.82) is 5.26 Å². The van der Waals surface area contributed by atoms with Crippen molar-refractivity contribution < 1.29 is 21.6 Å². The topological polar surface area (TPSA) is 114 Å². The van der Waals surface area contributed by atoms with Gasteiger partial charge in [0.2, 0.25) is 9.84 Å². The van der Waals surface area contributed by atoms with Crippen molar-refractivity contribution in [3.8, 4) is 27.2 Å². The van der Waals surface area contributed by atoms with Gasteiger partial charge in [0.05, 0.1) is 33.8 Å². The van der Waals surface area contributed by atoms with Gasteiger partial charge in [-0.15, -0.1) is 11.3 Å². The van der Waals surface area contributed by atoms with Gasteiger partial charge in [-0.3, -0.25) is 0 Å². The molecule has 0 amide bonds. The molecule has 0 radical (unpaired) electrons. The van der Waals surface area contributed by atoms with E-state index in [-0.39, 0.29) is 12.2 Å². The van der Waals surface area contributed by atoms with E-state index in [1.165, 1.54) is 40.8 Å². The fraction of sp³-hybridized carbons (Fsp3) is 0.389. The summed E-state index contributed by atoms with van der Waals surface area (Å²) in [6.07, 6.45) is 5.14. The molecule has 0 fully saturated rings. The first-order valence-corrected chi connectivity index (χ1v) is 12.7. The van der Waals surface area contributed by atoms with Gasteiger partial charge in [-0.2, -0.15) is 23.5 Å². The van der Waals surface area contributed by atoms with E-state index in [2.05, 4.69) is 20.1 Å². The number of nitrogens with zero attached hydrogens (tertiary/aromatic N) is 6. The van der Waals surface area contributed by atoms with Crippen LogP contribution >= 0.6 is 23.1 Å². The van der Waals surface area contributed by atoms with Gasteiger partial charge >= 0.3 is 5.51 Å². The monoisotopic (exact) mass is 502 g/mol. The molecule has 0 bridgehead atoms. The summed E-state index contributed by atoms with van der Waals surface area (Å²) < 4.78 is 62.7. The van der Waals surface area contributed by atoms with E-state index in [4.69, 9.17) is 5.26 Å². The largest absolute Gasteiger partial charge is 0.497 e. The number of alkyl halides is 3. The molecule has 3 aromatic heterocycles. The SMILES string of the molecule is CSc1ncc(-c2nc(C)c(-c3cc(C(C)CS(=O)(=O)C(F)(F)F)nn3CC#N)s2)cn1. The Morgan fingerprint density at radius 2 is 1.97 bits per heavy atom. The van der Waals surface area contributed by atoms with Crippen LogP contribution in [0.25, 0.3) is 21.1 Å². The summed E-state index contributed by atoms with van der Waals surface area (Å²) in [5, 5.41) is 14.6. The molecule has 3 heterocycles. The van der Waals surface area contributed by atoms with Gasteiger partial charge in [-0.1, -0.05) is 18.7 Å². The van der Waals surface area contributed by atoms with E-state index >= 15 is 0 Å². The number of sulfone groups is 1. The second kappa shape index (κ2) is 9.16. The summed E-state index contributed by atoms with van der Waals surface area (Å²) >= 11 is 2.70. The first kappa shape index (κ1) is 24.1. The molecule has 14 heteroatoms. The lowest BCUT2D eigenvalue weighted by molar-refractivity contribution is -0.0436. The predicted octanol–water partition coefficient (Wildman–Crippen LogP) is 4.06. The van der Waals surface area contributed by atoms with Crippen LogP contribution < -0.4 is 0 Å². The summed E-state index contributed by atoms with van der Waals surface area (Å²) in [6, 6.07) is 3.46. The molecule has 32 heavy (non-hydrogen) atoms. The molecule has 0 N–H and O–H groups in total. The number of halogens is 3. The van der Waals surface area contributed by atoms with Gasteiger partial charge in [0.1, 0.15) is 11.6 Å². The van der Waals surface area contributed by atoms with E-state index in [0.717, 1.165) is 0 Å². The summed E-state index contributed by atoms with van der Waals surface area (Å²) in [5.74, 6) is -2.16. The molecular formula is C18H17F3N6O2S3. The lowest BCUT2D eigenvalue weighted by Gasteiger charge is -2.11. The Morgan fingerprint density at radius 3 is 2.53 bits per heavy atom. The lowest BCUT2D eigenvalue weighted by Crippen LogP contribution is -2.28. The van der Waals surface area contributed by atoms with Crippen LogP contribution in [0.4, 0.5) is 13.2 Å². The van der Waals surface area contributed by atoms with Gasteiger partial charge < -0.3 is 0 Å². The maximum atomic E-state index is 12.8. The second-order valence-corrected chi connectivity index (χ2v) is 10.6.